The Kier molecular flexibility index (Phi) is 3.74. The molecule has 0 atom stereocenters. The van der Waals surface area contributed by atoms with Crippen LogP contribution >= 0.6 is 22.6 Å². The van der Waals surface area contributed by atoms with E-state index in [-0.39, 0.29) is 11.4 Å². The molecule has 0 fully saturated rings. The molecule has 0 N–H and O–H groups in total. The predicted molar refractivity (Wildman–Crippen MR) is 64.1 cm³/mol. The van der Waals surface area contributed by atoms with Gasteiger partial charge in [0.05, 0.1) is 12.7 Å². The second-order valence-corrected chi connectivity index (χ2v) is 3.55. The zero-order chi connectivity index (χ0) is 10.7. The molecule has 1 rings (SSSR count). The van der Waals surface area contributed by atoms with Crippen LogP contribution in [-0.4, -0.2) is 7.11 Å². The van der Waals surface area contributed by atoms with Crippen molar-refractivity contribution < 1.29 is 9.15 Å². The average Bonchev–Trinajstić information content (AvgIpc) is 2.19. The average molecular weight is 306 g/mol. The normalized spacial score (nSPS) is 10.9. The smallest absolute Gasteiger partial charge is 0.291 e. The largest absolute Gasteiger partial charge is 0.468 e. The van der Waals surface area contributed by atoms with Gasteiger partial charge >= 0.3 is 0 Å². The summed E-state index contributed by atoms with van der Waals surface area (Å²) in [7, 11) is 1.48. The Balaban J connectivity index is 3.48. The third-order valence-corrected chi connectivity index (χ3v) is 2.32. The van der Waals surface area contributed by atoms with Crippen LogP contribution in [0, 0.1) is 13.8 Å². The number of rotatable bonds is 2. The first-order chi connectivity index (χ1) is 6.61. The highest BCUT2D eigenvalue weighted by atomic mass is 127. The van der Waals surface area contributed by atoms with Gasteiger partial charge in [-0.1, -0.05) is 22.6 Å². The Morgan fingerprint density at radius 2 is 2.00 bits per heavy atom. The van der Waals surface area contributed by atoms with Crippen molar-refractivity contribution in [1.29, 1.82) is 0 Å². The second kappa shape index (κ2) is 4.63. The summed E-state index contributed by atoms with van der Waals surface area (Å²) in [6.07, 6.45) is 1.74. The molecule has 1 aromatic heterocycles. The van der Waals surface area contributed by atoms with Crippen molar-refractivity contribution in [2.75, 3.05) is 7.11 Å². The van der Waals surface area contributed by atoms with Crippen LogP contribution in [0.25, 0.3) is 6.08 Å². The van der Waals surface area contributed by atoms with Gasteiger partial charge in [-0.3, -0.25) is 4.79 Å². The minimum atomic E-state index is -0.0300. The first-order valence-electron chi connectivity index (χ1n) is 4.06. The van der Waals surface area contributed by atoms with Gasteiger partial charge in [0.25, 0.3) is 5.95 Å². The van der Waals surface area contributed by atoms with Crippen LogP contribution in [0.4, 0.5) is 0 Å². The lowest BCUT2D eigenvalue weighted by atomic mass is 10.2. The van der Waals surface area contributed by atoms with Gasteiger partial charge in [-0.15, -0.1) is 0 Å². The number of hydrogen-bond donors (Lipinski definition) is 0. The van der Waals surface area contributed by atoms with Gasteiger partial charge in [-0.05, 0) is 24.0 Å². The molecule has 0 bridgehead atoms. The van der Waals surface area contributed by atoms with Crippen LogP contribution < -0.4 is 10.2 Å². The predicted octanol–water partition coefficient (Wildman–Crippen LogP) is 2.67. The van der Waals surface area contributed by atoms with Gasteiger partial charge in [-0.25, -0.2) is 0 Å². The molecule has 76 valence electrons. The third kappa shape index (κ3) is 2.00. The van der Waals surface area contributed by atoms with Crippen molar-refractivity contribution in [1.82, 2.24) is 0 Å². The number of methoxy groups -OCH3 is 1. The van der Waals surface area contributed by atoms with Crippen molar-refractivity contribution in [2.24, 2.45) is 0 Å². The minimum absolute atomic E-state index is 0.0300. The van der Waals surface area contributed by atoms with E-state index in [0.29, 0.717) is 16.9 Å². The molecule has 1 heterocycles. The zero-order valence-electron chi connectivity index (χ0n) is 8.26. The van der Waals surface area contributed by atoms with E-state index in [0.717, 1.165) is 0 Å². The molecule has 0 aromatic carbocycles. The highest BCUT2D eigenvalue weighted by Crippen LogP contribution is 2.19. The van der Waals surface area contributed by atoms with E-state index in [9.17, 15) is 4.79 Å². The molecule has 0 radical (unpaired) electrons. The van der Waals surface area contributed by atoms with Crippen molar-refractivity contribution in [3.8, 4) is 5.95 Å². The molecule has 0 amide bonds. The van der Waals surface area contributed by atoms with Crippen molar-refractivity contribution in [2.45, 2.75) is 13.8 Å². The summed E-state index contributed by atoms with van der Waals surface area (Å²) in [6, 6.07) is 0. The van der Waals surface area contributed by atoms with E-state index in [1.165, 1.54) is 7.11 Å². The Morgan fingerprint density at radius 1 is 1.36 bits per heavy atom. The molecule has 0 unspecified atom stereocenters. The van der Waals surface area contributed by atoms with Gasteiger partial charge < -0.3 is 9.15 Å². The zero-order valence-corrected chi connectivity index (χ0v) is 10.4. The number of ether oxygens (including phenoxy) is 1. The van der Waals surface area contributed by atoms with E-state index >= 15 is 0 Å². The summed E-state index contributed by atoms with van der Waals surface area (Å²) in [6.45, 7) is 3.43. The van der Waals surface area contributed by atoms with Gasteiger partial charge in [0.1, 0.15) is 5.76 Å². The van der Waals surface area contributed by atoms with Crippen LogP contribution in [0.2, 0.25) is 0 Å². The van der Waals surface area contributed by atoms with E-state index < -0.39 is 0 Å². The van der Waals surface area contributed by atoms with Gasteiger partial charge in [0, 0.05) is 5.56 Å². The fourth-order valence-electron chi connectivity index (χ4n) is 1.15. The maximum Gasteiger partial charge on any atom is 0.291 e. The fourth-order valence-corrected chi connectivity index (χ4v) is 1.48. The quantitative estimate of drug-likeness (QED) is 0.789. The summed E-state index contributed by atoms with van der Waals surface area (Å²) in [5.74, 6) is 0.831. The molecular weight excluding hydrogens is 295 g/mol. The van der Waals surface area contributed by atoms with Gasteiger partial charge in [-0.2, -0.15) is 0 Å². The molecule has 0 saturated heterocycles. The Labute approximate surface area is 95.9 Å². The molecule has 0 spiro atoms. The summed E-state index contributed by atoms with van der Waals surface area (Å²) in [4.78, 5) is 11.7. The lowest BCUT2D eigenvalue weighted by molar-refractivity contribution is 0.289. The summed E-state index contributed by atoms with van der Waals surface area (Å²) in [5, 5.41) is 0. The topological polar surface area (TPSA) is 39.4 Å². The first kappa shape index (κ1) is 11.3. The first-order valence-corrected chi connectivity index (χ1v) is 5.31. The lowest BCUT2D eigenvalue weighted by Gasteiger charge is -2.05. The SMILES string of the molecule is COc1oc(/C=C/I)c(C)c(=O)c1C. The molecule has 0 saturated carbocycles. The number of hydrogen-bond acceptors (Lipinski definition) is 3. The van der Waals surface area contributed by atoms with E-state index in [4.69, 9.17) is 9.15 Å². The van der Waals surface area contributed by atoms with E-state index in [1.54, 1.807) is 24.0 Å². The molecule has 1 aromatic rings. The van der Waals surface area contributed by atoms with Crippen LogP contribution in [0.3, 0.4) is 0 Å². The molecular formula is C10H11IO3. The van der Waals surface area contributed by atoms with Crippen molar-refractivity contribution in [3.05, 3.63) is 31.2 Å². The van der Waals surface area contributed by atoms with Crippen LogP contribution in [0.5, 0.6) is 5.95 Å². The molecule has 0 aliphatic carbocycles. The molecule has 0 aliphatic heterocycles. The van der Waals surface area contributed by atoms with Crippen LogP contribution in [0.15, 0.2) is 13.3 Å². The molecule has 0 aliphatic rings. The molecule has 14 heavy (non-hydrogen) atoms. The van der Waals surface area contributed by atoms with Crippen molar-refractivity contribution >= 4 is 28.7 Å². The Hall–Kier alpha value is -0.780. The minimum Gasteiger partial charge on any atom is -0.468 e. The van der Waals surface area contributed by atoms with E-state index in [2.05, 4.69) is 22.6 Å². The van der Waals surface area contributed by atoms with Crippen LogP contribution in [-0.2, 0) is 0 Å². The Morgan fingerprint density at radius 3 is 2.50 bits per heavy atom. The summed E-state index contributed by atoms with van der Waals surface area (Å²) >= 11 is 2.07. The maximum atomic E-state index is 11.7. The van der Waals surface area contributed by atoms with E-state index in [1.807, 2.05) is 0 Å². The monoisotopic (exact) mass is 306 g/mol. The highest BCUT2D eigenvalue weighted by Gasteiger charge is 2.11. The second-order valence-electron chi connectivity index (χ2n) is 2.83. The maximum absolute atomic E-state index is 11.7. The molecule has 4 heteroatoms. The Bertz CT molecular complexity index is 418. The van der Waals surface area contributed by atoms with Crippen LogP contribution in [0.1, 0.15) is 16.9 Å². The molecule has 3 nitrogen and oxygen atoms in total. The summed E-state index contributed by atoms with van der Waals surface area (Å²) < 4.78 is 12.1. The third-order valence-electron chi connectivity index (χ3n) is 1.96. The standard InChI is InChI=1S/C10H11IO3/c1-6-8(4-5-11)14-10(13-3)7(2)9(6)12/h4-5H,1-3H3/b5-4+. The lowest BCUT2D eigenvalue weighted by Crippen LogP contribution is -2.11. The van der Waals surface area contributed by atoms with Gasteiger partial charge in [0.2, 0.25) is 0 Å². The van der Waals surface area contributed by atoms with Gasteiger partial charge in [0.15, 0.2) is 5.43 Å². The fraction of sp³-hybridized carbons (Fsp3) is 0.300. The number of halogens is 1. The highest BCUT2D eigenvalue weighted by molar-refractivity contribution is 14.1. The van der Waals surface area contributed by atoms with Crippen molar-refractivity contribution in [3.63, 3.8) is 0 Å². The summed E-state index contributed by atoms with van der Waals surface area (Å²) in [5.41, 5.74) is 1.09.